The van der Waals surface area contributed by atoms with E-state index in [2.05, 4.69) is 15.0 Å². The molecule has 29 heavy (non-hydrogen) atoms. The van der Waals surface area contributed by atoms with Gasteiger partial charge in [0.25, 0.3) is 0 Å². The predicted molar refractivity (Wildman–Crippen MR) is 109 cm³/mol. The van der Waals surface area contributed by atoms with Gasteiger partial charge >= 0.3 is 5.97 Å². The Labute approximate surface area is 168 Å². The van der Waals surface area contributed by atoms with E-state index < -0.39 is 23.8 Å². The van der Waals surface area contributed by atoms with Crippen LogP contribution in [0.25, 0.3) is 11.3 Å². The lowest BCUT2D eigenvalue weighted by molar-refractivity contribution is -0.151. The Morgan fingerprint density at radius 2 is 1.90 bits per heavy atom. The molecule has 0 saturated carbocycles. The van der Waals surface area contributed by atoms with Crippen molar-refractivity contribution in [3.8, 4) is 11.3 Å². The van der Waals surface area contributed by atoms with Gasteiger partial charge in [0.1, 0.15) is 5.82 Å². The maximum Gasteiger partial charge on any atom is 0.303 e. The number of H-pyrrole nitrogens is 1. The number of aromatic nitrogens is 3. The summed E-state index contributed by atoms with van der Waals surface area (Å²) in [5.41, 5.74) is 1.99. The summed E-state index contributed by atoms with van der Waals surface area (Å²) in [5, 5.41) is 8.51. The van der Waals surface area contributed by atoms with Gasteiger partial charge in [-0.2, -0.15) is 0 Å². The van der Waals surface area contributed by atoms with E-state index >= 15 is 0 Å². The topological polar surface area (TPSA) is 109 Å². The highest BCUT2D eigenvalue weighted by Crippen LogP contribution is 2.27. The number of esters is 1. The van der Waals surface area contributed by atoms with Gasteiger partial charge in [-0.05, 0) is 18.6 Å². The molecule has 148 valence electrons. The second kappa shape index (κ2) is 9.05. The molecule has 2 aromatic heterocycles. The fourth-order valence-electron chi connectivity index (χ4n) is 3.10. The average Bonchev–Trinajstić information content (AvgIpc) is 3.23. The van der Waals surface area contributed by atoms with Crippen LogP contribution in [0.15, 0.2) is 61.1 Å². The fourth-order valence-corrected chi connectivity index (χ4v) is 3.10. The number of ether oxygens (including phenoxy) is 1. The maximum absolute atomic E-state index is 13.1. The van der Waals surface area contributed by atoms with E-state index in [4.69, 9.17) is 10.1 Å². The Hall–Kier alpha value is -3.61. The van der Waals surface area contributed by atoms with Crippen molar-refractivity contribution in [2.24, 2.45) is 0 Å². The minimum absolute atomic E-state index is 0.158. The van der Waals surface area contributed by atoms with E-state index in [0.29, 0.717) is 17.8 Å². The standard InChI is InChI=1S/C22H22N4O3/c1-3-17(22-25-13-18(26-22)16-10-7-11-24-12-16)19(23)20(28)21(29-14(2)27)15-8-5-4-6-9-15/h4-13,17,21,23H,3H2,1-2H3,(H,25,26). The molecule has 7 nitrogen and oxygen atoms in total. The van der Waals surface area contributed by atoms with Gasteiger partial charge in [-0.3, -0.25) is 14.6 Å². The summed E-state index contributed by atoms with van der Waals surface area (Å²) in [6, 6.07) is 12.4. The Morgan fingerprint density at radius 1 is 1.14 bits per heavy atom. The van der Waals surface area contributed by atoms with Crippen molar-refractivity contribution >= 4 is 17.5 Å². The van der Waals surface area contributed by atoms with Crippen molar-refractivity contribution in [2.75, 3.05) is 0 Å². The van der Waals surface area contributed by atoms with Gasteiger partial charge < -0.3 is 15.1 Å². The molecule has 0 aliphatic heterocycles. The highest BCUT2D eigenvalue weighted by Gasteiger charge is 2.32. The maximum atomic E-state index is 13.1. The molecule has 0 amide bonds. The number of imidazole rings is 1. The van der Waals surface area contributed by atoms with Gasteiger partial charge in [-0.15, -0.1) is 0 Å². The lowest BCUT2D eigenvalue weighted by Gasteiger charge is -2.20. The van der Waals surface area contributed by atoms with E-state index in [1.807, 2.05) is 25.1 Å². The molecule has 0 aliphatic carbocycles. The van der Waals surface area contributed by atoms with Crippen LogP contribution in [-0.4, -0.2) is 32.4 Å². The second-order valence-electron chi connectivity index (χ2n) is 6.56. The third-order valence-electron chi connectivity index (χ3n) is 4.54. The Kier molecular flexibility index (Phi) is 6.29. The number of hydrogen-bond donors (Lipinski definition) is 2. The number of ketones is 1. The molecule has 0 bridgehead atoms. The lowest BCUT2D eigenvalue weighted by atomic mass is 9.91. The molecule has 0 aliphatic rings. The molecule has 3 rings (SSSR count). The zero-order valence-corrected chi connectivity index (χ0v) is 16.3. The van der Waals surface area contributed by atoms with Gasteiger partial charge in [-0.1, -0.05) is 37.3 Å². The molecular formula is C22H22N4O3. The second-order valence-corrected chi connectivity index (χ2v) is 6.56. The summed E-state index contributed by atoms with van der Waals surface area (Å²) >= 11 is 0. The zero-order chi connectivity index (χ0) is 20.8. The van der Waals surface area contributed by atoms with Crippen LogP contribution in [0.4, 0.5) is 0 Å². The van der Waals surface area contributed by atoms with Crippen molar-refractivity contribution in [3.05, 3.63) is 72.4 Å². The first kappa shape index (κ1) is 20.1. The molecule has 7 heteroatoms. The number of aromatic amines is 1. The highest BCUT2D eigenvalue weighted by atomic mass is 16.5. The largest absolute Gasteiger partial charge is 0.449 e. The smallest absolute Gasteiger partial charge is 0.303 e. The predicted octanol–water partition coefficient (Wildman–Crippen LogP) is 3.86. The minimum Gasteiger partial charge on any atom is -0.449 e. The van der Waals surface area contributed by atoms with Crippen LogP contribution >= 0.6 is 0 Å². The molecule has 2 heterocycles. The molecule has 2 N–H and O–H groups in total. The molecule has 3 aromatic rings. The van der Waals surface area contributed by atoms with Crippen LogP contribution in [0.1, 0.15) is 43.7 Å². The molecule has 2 unspecified atom stereocenters. The van der Waals surface area contributed by atoms with Gasteiger partial charge in [-0.25, -0.2) is 4.98 Å². The van der Waals surface area contributed by atoms with Crippen molar-refractivity contribution in [2.45, 2.75) is 32.3 Å². The number of Topliss-reactive ketones (excluding diaryl/α,β-unsaturated/α-hetero) is 1. The average molecular weight is 390 g/mol. The van der Waals surface area contributed by atoms with E-state index in [1.54, 1.807) is 42.9 Å². The van der Waals surface area contributed by atoms with Crippen LogP contribution in [-0.2, 0) is 14.3 Å². The van der Waals surface area contributed by atoms with Gasteiger partial charge in [0.15, 0.2) is 6.10 Å². The molecular weight excluding hydrogens is 368 g/mol. The third-order valence-corrected chi connectivity index (χ3v) is 4.54. The Balaban J connectivity index is 1.87. The molecule has 0 fully saturated rings. The summed E-state index contributed by atoms with van der Waals surface area (Å²) in [4.78, 5) is 36.3. The van der Waals surface area contributed by atoms with Crippen molar-refractivity contribution < 1.29 is 14.3 Å². The highest BCUT2D eigenvalue weighted by molar-refractivity contribution is 6.42. The van der Waals surface area contributed by atoms with Gasteiger partial charge in [0.2, 0.25) is 5.78 Å². The summed E-state index contributed by atoms with van der Waals surface area (Å²) in [6.45, 7) is 3.12. The van der Waals surface area contributed by atoms with Crippen LogP contribution in [0, 0.1) is 5.41 Å². The first-order valence-corrected chi connectivity index (χ1v) is 9.31. The Bertz CT molecular complexity index is 999. The van der Waals surface area contributed by atoms with E-state index in [9.17, 15) is 9.59 Å². The van der Waals surface area contributed by atoms with E-state index in [1.165, 1.54) is 6.92 Å². The normalized spacial score (nSPS) is 12.8. The summed E-state index contributed by atoms with van der Waals surface area (Å²) in [5.74, 6) is -1.17. The molecule has 1 aromatic carbocycles. The SMILES string of the molecule is CCC(C(=N)C(=O)C(OC(C)=O)c1ccccc1)c1ncc(-c2cccnc2)[nH]1. The number of pyridine rings is 1. The lowest BCUT2D eigenvalue weighted by Crippen LogP contribution is -2.30. The molecule has 0 radical (unpaired) electrons. The van der Waals surface area contributed by atoms with Gasteiger partial charge in [0.05, 0.1) is 23.5 Å². The first-order chi connectivity index (χ1) is 14.0. The number of nitrogens with zero attached hydrogens (tertiary/aromatic N) is 2. The number of carbonyl (C=O) groups is 2. The fraction of sp³-hybridized carbons (Fsp3) is 0.227. The minimum atomic E-state index is -1.15. The van der Waals surface area contributed by atoms with Crippen LogP contribution in [0.3, 0.4) is 0 Å². The first-order valence-electron chi connectivity index (χ1n) is 9.31. The molecule has 0 saturated heterocycles. The monoisotopic (exact) mass is 390 g/mol. The zero-order valence-electron chi connectivity index (χ0n) is 16.3. The number of hydrogen-bond acceptors (Lipinski definition) is 6. The summed E-state index contributed by atoms with van der Waals surface area (Å²) in [6.07, 6.45) is 4.39. The van der Waals surface area contributed by atoms with Crippen molar-refractivity contribution in [3.63, 3.8) is 0 Å². The van der Waals surface area contributed by atoms with Crippen LogP contribution < -0.4 is 0 Å². The molecule has 2 atom stereocenters. The van der Waals surface area contributed by atoms with Crippen LogP contribution in [0.5, 0.6) is 0 Å². The van der Waals surface area contributed by atoms with Crippen molar-refractivity contribution in [1.29, 1.82) is 5.41 Å². The Morgan fingerprint density at radius 3 is 2.52 bits per heavy atom. The third kappa shape index (κ3) is 4.63. The number of carbonyl (C=O) groups excluding carboxylic acids is 2. The quantitative estimate of drug-likeness (QED) is 0.448. The molecule has 0 spiro atoms. The number of nitrogens with one attached hydrogen (secondary N) is 2. The number of rotatable bonds is 8. The summed E-state index contributed by atoms with van der Waals surface area (Å²) in [7, 11) is 0. The van der Waals surface area contributed by atoms with E-state index in [-0.39, 0.29) is 5.71 Å². The van der Waals surface area contributed by atoms with Crippen molar-refractivity contribution in [1.82, 2.24) is 15.0 Å². The van der Waals surface area contributed by atoms with Crippen LogP contribution in [0.2, 0.25) is 0 Å². The van der Waals surface area contributed by atoms with E-state index in [0.717, 1.165) is 11.3 Å². The number of benzene rings is 1. The van der Waals surface area contributed by atoms with Gasteiger partial charge in [0, 0.05) is 30.4 Å². The summed E-state index contributed by atoms with van der Waals surface area (Å²) < 4.78 is 5.26.